The molecular weight excluding hydrogens is 271 g/mol. The summed E-state index contributed by atoms with van der Waals surface area (Å²) < 4.78 is 61.9. The molecule has 18 heavy (non-hydrogen) atoms. The average Bonchev–Trinajstić information content (AvgIpc) is 2.28. The lowest BCUT2D eigenvalue weighted by molar-refractivity contribution is -0.137. The number of aliphatic hydroxyl groups is 1. The maximum absolute atomic E-state index is 12.5. The fraction of sp³-hybridized carbons (Fsp3) is 0.400. The molecule has 0 aliphatic rings. The van der Waals surface area contributed by atoms with Gasteiger partial charge >= 0.3 is 6.18 Å². The molecular formula is C10H12F3NO3S. The van der Waals surface area contributed by atoms with Crippen LogP contribution in [0.25, 0.3) is 0 Å². The van der Waals surface area contributed by atoms with Gasteiger partial charge in [-0.2, -0.15) is 17.5 Å². The molecule has 0 unspecified atom stereocenters. The second-order valence-corrected chi connectivity index (χ2v) is 5.62. The Bertz CT molecular complexity index is 513. The summed E-state index contributed by atoms with van der Waals surface area (Å²) >= 11 is 0. The molecule has 0 aliphatic carbocycles. The molecule has 102 valence electrons. The third kappa shape index (κ3) is 3.21. The SMILES string of the molecule is CN(CCO)S(=O)(=O)c1cccc(C(F)(F)F)c1. The standard InChI is InChI=1S/C10H12F3NO3S/c1-14(5-6-15)18(16,17)9-4-2-3-8(7-9)10(11,12)13/h2-4,7,15H,5-6H2,1H3. The van der Waals surface area contributed by atoms with Crippen molar-refractivity contribution in [3.05, 3.63) is 29.8 Å². The highest BCUT2D eigenvalue weighted by molar-refractivity contribution is 7.89. The van der Waals surface area contributed by atoms with Gasteiger partial charge in [0.2, 0.25) is 10.0 Å². The van der Waals surface area contributed by atoms with E-state index in [2.05, 4.69) is 0 Å². The molecule has 0 saturated heterocycles. The first-order chi connectivity index (χ1) is 8.19. The number of aliphatic hydroxyl groups excluding tert-OH is 1. The quantitative estimate of drug-likeness (QED) is 0.906. The van der Waals surface area contributed by atoms with Gasteiger partial charge in [-0.15, -0.1) is 0 Å². The van der Waals surface area contributed by atoms with E-state index in [1.807, 2.05) is 0 Å². The van der Waals surface area contributed by atoms with Crippen LogP contribution in [0.15, 0.2) is 29.2 Å². The van der Waals surface area contributed by atoms with E-state index >= 15 is 0 Å². The topological polar surface area (TPSA) is 57.6 Å². The highest BCUT2D eigenvalue weighted by Gasteiger charge is 2.32. The van der Waals surface area contributed by atoms with Crippen LogP contribution in [0, 0.1) is 0 Å². The first-order valence-electron chi connectivity index (χ1n) is 4.94. The van der Waals surface area contributed by atoms with Crippen LogP contribution in [0.5, 0.6) is 0 Å². The van der Waals surface area contributed by atoms with Crippen molar-refractivity contribution in [1.82, 2.24) is 4.31 Å². The Balaban J connectivity index is 3.18. The first kappa shape index (κ1) is 14.9. The molecule has 1 aromatic carbocycles. The molecule has 0 atom stereocenters. The third-order valence-electron chi connectivity index (χ3n) is 2.28. The monoisotopic (exact) mass is 283 g/mol. The van der Waals surface area contributed by atoms with Crippen LogP contribution in [-0.2, 0) is 16.2 Å². The number of sulfonamides is 1. The van der Waals surface area contributed by atoms with Gasteiger partial charge in [0.25, 0.3) is 0 Å². The summed E-state index contributed by atoms with van der Waals surface area (Å²) in [6.07, 6.45) is -4.60. The van der Waals surface area contributed by atoms with E-state index in [4.69, 9.17) is 5.11 Å². The molecule has 0 bridgehead atoms. The zero-order valence-corrected chi connectivity index (χ0v) is 10.3. The Labute approximate surface area is 103 Å². The second kappa shape index (κ2) is 5.25. The summed E-state index contributed by atoms with van der Waals surface area (Å²) in [4.78, 5) is -0.451. The summed E-state index contributed by atoms with van der Waals surface area (Å²) in [5, 5.41) is 8.64. The normalized spacial score (nSPS) is 13.0. The Morgan fingerprint density at radius 1 is 1.33 bits per heavy atom. The maximum atomic E-state index is 12.5. The Kier molecular flexibility index (Phi) is 4.36. The van der Waals surface area contributed by atoms with Crippen LogP contribution in [0.3, 0.4) is 0 Å². The third-order valence-corrected chi connectivity index (χ3v) is 4.14. The predicted octanol–water partition coefficient (Wildman–Crippen LogP) is 1.32. The predicted molar refractivity (Wildman–Crippen MR) is 58.3 cm³/mol. The second-order valence-electron chi connectivity index (χ2n) is 3.58. The van der Waals surface area contributed by atoms with Crippen molar-refractivity contribution < 1.29 is 26.7 Å². The molecule has 0 radical (unpaired) electrons. The van der Waals surface area contributed by atoms with Gasteiger partial charge in [0, 0.05) is 13.6 Å². The van der Waals surface area contributed by atoms with Crippen LogP contribution < -0.4 is 0 Å². The van der Waals surface area contributed by atoms with Crippen LogP contribution >= 0.6 is 0 Å². The molecule has 8 heteroatoms. The highest BCUT2D eigenvalue weighted by Crippen LogP contribution is 2.30. The number of alkyl halides is 3. The Morgan fingerprint density at radius 3 is 2.44 bits per heavy atom. The van der Waals surface area contributed by atoms with Gasteiger partial charge in [-0.05, 0) is 18.2 Å². The minimum Gasteiger partial charge on any atom is -0.395 e. The molecule has 1 N–H and O–H groups in total. The lowest BCUT2D eigenvalue weighted by atomic mass is 10.2. The first-order valence-corrected chi connectivity index (χ1v) is 6.38. The van der Waals surface area contributed by atoms with Gasteiger partial charge in [0.15, 0.2) is 0 Å². The lowest BCUT2D eigenvalue weighted by Gasteiger charge is -2.16. The fourth-order valence-electron chi connectivity index (χ4n) is 1.27. The molecule has 1 aromatic rings. The van der Waals surface area contributed by atoms with E-state index in [0.29, 0.717) is 6.07 Å². The van der Waals surface area contributed by atoms with Gasteiger partial charge in [-0.25, -0.2) is 8.42 Å². The number of nitrogens with zero attached hydrogens (tertiary/aromatic N) is 1. The number of rotatable bonds is 4. The number of likely N-dealkylation sites (N-methyl/N-ethyl adjacent to an activating group) is 1. The number of benzene rings is 1. The van der Waals surface area contributed by atoms with Crippen molar-refractivity contribution in [1.29, 1.82) is 0 Å². The van der Waals surface area contributed by atoms with E-state index in [9.17, 15) is 21.6 Å². The summed E-state index contributed by atoms with van der Waals surface area (Å²) in [7, 11) is -2.82. The molecule has 0 heterocycles. The van der Waals surface area contributed by atoms with Crippen molar-refractivity contribution in [2.45, 2.75) is 11.1 Å². The van der Waals surface area contributed by atoms with Gasteiger partial charge in [-0.3, -0.25) is 0 Å². The minimum absolute atomic E-state index is 0.182. The van der Waals surface area contributed by atoms with E-state index in [-0.39, 0.29) is 6.54 Å². The van der Waals surface area contributed by atoms with Crippen molar-refractivity contribution in [2.75, 3.05) is 20.2 Å². The molecule has 0 aromatic heterocycles. The summed E-state index contributed by atoms with van der Waals surface area (Å²) in [6, 6.07) is 3.48. The van der Waals surface area contributed by atoms with Gasteiger partial charge < -0.3 is 5.11 Å². The Hall–Kier alpha value is -1.12. The van der Waals surface area contributed by atoms with Gasteiger partial charge in [0.05, 0.1) is 17.1 Å². The van der Waals surface area contributed by atoms with Crippen molar-refractivity contribution in [2.24, 2.45) is 0 Å². The zero-order chi connectivity index (χ0) is 14.0. The largest absolute Gasteiger partial charge is 0.416 e. The van der Waals surface area contributed by atoms with Gasteiger partial charge in [0.1, 0.15) is 0 Å². The lowest BCUT2D eigenvalue weighted by Crippen LogP contribution is -2.29. The van der Waals surface area contributed by atoms with Gasteiger partial charge in [-0.1, -0.05) is 6.07 Å². The van der Waals surface area contributed by atoms with E-state index in [1.54, 1.807) is 0 Å². The van der Waals surface area contributed by atoms with Crippen LogP contribution in [0.4, 0.5) is 13.2 Å². The van der Waals surface area contributed by atoms with Crippen LogP contribution in [0.2, 0.25) is 0 Å². The molecule has 1 rings (SSSR count). The van der Waals surface area contributed by atoms with E-state index in [0.717, 1.165) is 22.5 Å². The minimum atomic E-state index is -4.60. The van der Waals surface area contributed by atoms with E-state index in [1.165, 1.54) is 7.05 Å². The zero-order valence-electron chi connectivity index (χ0n) is 9.48. The van der Waals surface area contributed by atoms with E-state index < -0.39 is 33.3 Å². The molecule has 0 aliphatic heterocycles. The Morgan fingerprint density at radius 2 is 1.94 bits per heavy atom. The van der Waals surface area contributed by atoms with Crippen molar-refractivity contribution in [3.8, 4) is 0 Å². The molecule has 0 fully saturated rings. The summed E-state index contributed by atoms with van der Waals surface area (Å²) in [5.74, 6) is 0. The number of halogens is 3. The van der Waals surface area contributed by atoms with Crippen LogP contribution in [0.1, 0.15) is 5.56 Å². The summed E-state index contributed by atoms with van der Waals surface area (Å²) in [6.45, 7) is -0.590. The molecule has 4 nitrogen and oxygen atoms in total. The van der Waals surface area contributed by atoms with Crippen molar-refractivity contribution in [3.63, 3.8) is 0 Å². The molecule has 0 amide bonds. The molecule has 0 spiro atoms. The van der Waals surface area contributed by atoms with Crippen LogP contribution in [-0.4, -0.2) is 38.0 Å². The maximum Gasteiger partial charge on any atom is 0.416 e. The number of hydrogen-bond acceptors (Lipinski definition) is 3. The molecule has 0 saturated carbocycles. The highest BCUT2D eigenvalue weighted by atomic mass is 32.2. The number of hydrogen-bond donors (Lipinski definition) is 1. The summed E-state index contributed by atoms with van der Waals surface area (Å²) in [5.41, 5.74) is -1.03. The average molecular weight is 283 g/mol. The fourth-order valence-corrected chi connectivity index (χ4v) is 2.48. The smallest absolute Gasteiger partial charge is 0.395 e. The van der Waals surface area contributed by atoms with Crippen molar-refractivity contribution >= 4 is 10.0 Å².